The van der Waals surface area contributed by atoms with Gasteiger partial charge >= 0.3 is 0 Å². The molecule has 1 heterocycles. The summed E-state index contributed by atoms with van der Waals surface area (Å²) in [4.78, 5) is 0. The molecule has 0 bridgehead atoms. The van der Waals surface area contributed by atoms with E-state index in [9.17, 15) is 5.11 Å². The van der Waals surface area contributed by atoms with Crippen molar-refractivity contribution in [3.8, 4) is 0 Å². The molecule has 0 saturated carbocycles. The molecule has 2 rings (SSSR count). The molecular weight excluding hydrogens is 238 g/mol. The molecule has 1 aromatic carbocycles. The molecule has 3 heteroatoms. The van der Waals surface area contributed by atoms with Crippen molar-refractivity contribution in [3.63, 3.8) is 0 Å². The maximum Gasteiger partial charge on any atom is 0.0755 e. The molecular formula is C16H25NO2. The molecule has 19 heavy (non-hydrogen) atoms. The van der Waals surface area contributed by atoms with Crippen molar-refractivity contribution >= 4 is 0 Å². The van der Waals surface area contributed by atoms with Gasteiger partial charge in [0.15, 0.2) is 0 Å². The van der Waals surface area contributed by atoms with E-state index in [1.165, 1.54) is 5.56 Å². The van der Waals surface area contributed by atoms with Crippen LogP contribution in [0, 0.1) is 5.41 Å². The first-order valence-electron chi connectivity index (χ1n) is 7.20. The molecule has 3 N–H and O–H groups in total. The molecule has 1 saturated heterocycles. The summed E-state index contributed by atoms with van der Waals surface area (Å²) in [6.45, 7) is 3.98. The molecule has 0 amide bonds. The van der Waals surface area contributed by atoms with E-state index in [2.05, 4.69) is 19.1 Å². The normalized spacial score (nSPS) is 21.8. The predicted octanol–water partition coefficient (Wildman–Crippen LogP) is 2.13. The Kier molecular flexibility index (Phi) is 4.61. The van der Waals surface area contributed by atoms with Gasteiger partial charge in [-0.2, -0.15) is 0 Å². The van der Waals surface area contributed by atoms with Gasteiger partial charge in [-0.15, -0.1) is 0 Å². The number of aliphatic hydroxyl groups is 1. The van der Waals surface area contributed by atoms with Crippen LogP contribution in [0.25, 0.3) is 0 Å². The van der Waals surface area contributed by atoms with E-state index >= 15 is 0 Å². The lowest BCUT2D eigenvalue weighted by Gasteiger charge is -2.49. The Morgan fingerprint density at radius 1 is 1.26 bits per heavy atom. The molecule has 1 aromatic rings. The first kappa shape index (κ1) is 14.5. The van der Waals surface area contributed by atoms with Gasteiger partial charge in [0, 0.05) is 31.6 Å². The van der Waals surface area contributed by atoms with Crippen molar-refractivity contribution < 1.29 is 9.84 Å². The van der Waals surface area contributed by atoms with Crippen molar-refractivity contribution in [1.29, 1.82) is 0 Å². The number of rotatable bonds is 5. The standard InChI is InChI=1S/C16H25NO2/c1-2-16(18,12-14-6-4-3-5-7-14)15(13-17)8-10-19-11-9-15/h3-7,18H,2,8-13,17H2,1H3. The average molecular weight is 263 g/mol. The van der Waals surface area contributed by atoms with E-state index in [1.54, 1.807) is 0 Å². The zero-order valence-electron chi connectivity index (χ0n) is 11.8. The summed E-state index contributed by atoms with van der Waals surface area (Å²) < 4.78 is 5.45. The minimum Gasteiger partial charge on any atom is -0.389 e. The highest BCUT2D eigenvalue weighted by atomic mass is 16.5. The maximum atomic E-state index is 11.2. The lowest BCUT2D eigenvalue weighted by atomic mass is 9.63. The molecule has 1 aliphatic heterocycles. The maximum absolute atomic E-state index is 11.2. The average Bonchev–Trinajstić information content (AvgIpc) is 2.48. The van der Waals surface area contributed by atoms with E-state index in [0.717, 1.165) is 19.3 Å². The number of hydrogen-bond donors (Lipinski definition) is 2. The SMILES string of the molecule is CCC(O)(Cc1ccccc1)C1(CN)CCOCC1. The Morgan fingerprint density at radius 3 is 2.42 bits per heavy atom. The Labute approximate surface area is 115 Å². The lowest BCUT2D eigenvalue weighted by Crippen LogP contribution is -2.56. The fourth-order valence-electron chi connectivity index (χ4n) is 3.24. The van der Waals surface area contributed by atoms with Gasteiger partial charge in [-0.05, 0) is 24.8 Å². The molecule has 0 radical (unpaired) electrons. The van der Waals surface area contributed by atoms with Crippen LogP contribution < -0.4 is 5.73 Å². The molecule has 3 nitrogen and oxygen atoms in total. The van der Waals surface area contributed by atoms with Gasteiger partial charge in [-0.3, -0.25) is 0 Å². The first-order chi connectivity index (χ1) is 9.16. The van der Waals surface area contributed by atoms with Crippen LogP contribution >= 0.6 is 0 Å². The molecule has 0 aliphatic carbocycles. The van der Waals surface area contributed by atoms with Crippen LogP contribution in [0.4, 0.5) is 0 Å². The van der Waals surface area contributed by atoms with Gasteiger partial charge in [0.05, 0.1) is 5.60 Å². The third-order valence-electron chi connectivity index (χ3n) is 4.75. The van der Waals surface area contributed by atoms with Gasteiger partial charge < -0.3 is 15.6 Å². The summed E-state index contributed by atoms with van der Waals surface area (Å²) in [7, 11) is 0. The largest absolute Gasteiger partial charge is 0.389 e. The fraction of sp³-hybridized carbons (Fsp3) is 0.625. The van der Waals surface area contributed by atoms with Crippen molar-refractivity contribution in [2.24, 2.45) is 11.1 Å². The lowest BCUT2D eigenvalue weighted by molar-refractivity contribution is -0.130. The minimum atomic E-state index is -0.743. The van der Waals surface area contributed by atoms with Crippen molar-refractivity contribution in [2.45, 2.75) is 38.2 Å². The first-order valence-corrected chi connectivity index (χ1v) is 7.20. The van der Waals surface area contributed by atoms with E-state index in [-0.39, 0.29) is 5.41 Å². The van der Waals surface area contributed by atoms with E-state index in [4.69, 9.17) is 10.5 Å². The van der Waals surface area contributed by atoms with Crippen LogP contribution in [0.5, 0.6) is 0 Å². The van der Waals surface area contributed by atoms with Gasteiger partial charge in [0.1, 0.15) is 0 Å². The van der Waals surface area contributed by atoms with Crippen molar-refractivity contribution in [2.75, 3.05) is 19.8 Å². The number of nitrogens with two attached hydrogens (primary N) is 1. The second kappa shape index (κ2) is 6.04. The van der Waals surface area contributed by atoms with E-state index < -0.39 is 5.60 Å². The topological polar surface area (TPSA) is 55.5 Å². The molecule has 106 valence electrons. The molecule has 0 spiro atoms. The molecule has 1 atom stereocenters. The van der Waals surface area contributed by atoms with E-state index in [1.807, 2.05) is 18.2 Å². The van der Waals surface area contributed by atoms with E-state index in [0.29, 0.717) is 26.2 Å². The van der Waals surface area contributed by atoms with Gasteiger partial charge in [0.2, 0.25) is 0 Å². The van der Waals surface area contributed by atoms with Crippen LogP contribution in [-0.4, -0.2) is 30.5 Å². The number of benzene rings is 1. The van der Waals surface area contributed by atoms with Crippen molar-refractivity contribution in [3.05, 3.63) is 35.9 Å². The second-order valence-electron chi connectivity index (χ2n) is 5.64. The quantitative estimate of drug-likeness (QED) is 0.855. The molecule has 0 aromatic heterocycles. The zero-order valence-corrected chi connectivity index (χ0v) is 11.8. The fourth-order valence-corrected chi connectivity index (χ4v) is 3.24. The molecule has 1 fully saturated rings. The van der Waals surface area contributed by atoms with Gasteiger partial charge in [0.25, 0.3) is 0 Å². The molecule has 1 unspecified atom stereocenters. The zero-order chi connectivity index (χ0) is 13.8. The third kappa shape index (κ3) is 2.83. The minimum absolute atomic E-state index is 0.212. The summed E-state index contributed by atoms with van der Waals surface area (Å²) in [5.41, 5.74) is 6.25. The third-order valence-corrected chi connectivity index (χ3v) is 4.75. The number of hydrogen-bond acceptors (Lipinski definition) is 3. The highest BCUT2D eigenvalue weighted by molar-refractivity contribution is 5.19. The summed E-state index contributed by atoms with van der Waals surface area (Å²) in [6.07, 6.45) is 3.09. The predicted molar refractivity (Wildman–Crippen MR) is 76.9 cm³/mol. The highest BCUT2D eigenvalue weighted by Crippen LogP contribution is 2.44. The van der Waals surface area contributed by atoms with Crippen molar-refractivity contribution in [1.82, 2.24) is 0 Å². The van der Waals surface area contributed by atoms with Crippen LogP contribution in [0.1, 0.15) is 31.7 Å². The summed E-state index contributed by atoms with van der Waals surface area (Å²) in [5.74, 6) is 0. The summed E-state index contributed by atoms with van der Waals surface area (Å²) in [5, 5.41) is 11.2. The van der Waals surface area contributed by atoms with Gasteiger partial charge in [-0.1, -0.05) is 37.3 Å². The Balaban J connectivity index is 2.24. The smallest absolute Gasteiger partial charge is 0.0755 e. The van der Waals surface area contributed by atoms with Gasteiger partial charge in [-0.25, -0.2) is 0 Å². The monoisotopic (exact) mass is 263 g/mol. The Hall–Kier alpha value is -0.900. The summed E-state index contributed by atoms with van der Waals surface area (Å²) >= 11 is 0. The second-order valence-corrected chi connectivity index (χ2v) is 5.64. The Bertz CT molecular complexity index is 387. The summed E-state index contributed by atoms with van der Waals surface area (Å²) in [6, 6.07) is 10.2. The van der Waals surface area contributed by atoms with Crippen LogP contribution in [0.3, 0.4) is 0 Å². The van der Waals surface area contributed by atoms with Crippen LogP contribution in [-0.2, 0) is 11.2 Å². The Morgan fingerprint density at radius 2 is 1.89 bits per heavy atom. The van der Waals surface area contributed by atoms with Crippen LogP contribution in [0.2, 0.25) is 0 Å². The van der Waals surface area contributed by atoms with Crippen LogP contribution in [0.15, 0.2) is 30.3 Å². The highest BCUT2D eigenvalue weighted by Gasteiger charge is 2.48. The molecule has 1 aliphatic rings. The number of ether oxygens (including phenoxy) is 1.